The largest absolute Gasteiger partial charge is 0.398 e. The minimum atomic E-state index is -3.93. The summed E-state index contributed by atoms with van der Waals surface area (Å²) in [7, 11) is -3.93. The molecule has 0 aromatic heterocycles. The quantitative estimate of drug-likeness (QED) is 0.614. The van der Waals surface area contributed by atoms with Crippen molar-refractivity contribution >= 4 is 21.5 Å². The Labute approximate surface area is 102 Å². The number of hydrogen-bond acceptors (Lipinski definition) is 4. The minimum absolute atomic E-state index is 0.250. The maximum Gasteiger partial charge on any atom is 0.266 e. The summed E-state index contributed by atoms with van der Waals surface area (Å²) in [5.41, 5.74) is 8.29. The van der Waals surface area contributed by atoms with Crippen LogP contribution in [0, 0.1) is 6.92 Å². The van der Waals surface area contributed by atoms with Crippen molar-refractivity contribution in [3.05, 3.63) is 23.8 Å². The fourth-order valence-corrected chi connectivity index (χ4v) is 2.11. The van der Waals surface area contributed by atoms with Crippen LogP contribution in [0.4, 0.5) is 11.4 Å². The smallest absolute Gasteiger partial charge is 0.266 e. The van der Waals surface area contributed by atoms with E-state index in [-0.39, 0.29) is 12.3 Å². The molecule has 0 saturated heterocycles. The number of benzene rings is 1. The molecule has 3 N–H and O–H groups in total. The lowest BCUT2D eigenvalue weighted by molar-refractivity contribution is 0.482. The summed E-state index contributed by atoms with van der Waals surface area (Å²) in [6, 6.07) is 5.52. The third-order valence-electron chi connectivity index (χ3n) is 2.69. The van der Waals surface area contributed by atoms with Crippen molar-refractivity contribution in [1.29, 1.82) is 0 Å². The van der Waals surface area contributed by atoms with E-state index in [0.717, 1.165) is 11.3 Å². The van der Waals surface area contributed by atoms with E-state index in [1.165, 1.54) is 0 Å². The Morgan fingerprint density at radius 3 is 2.59 bits per heavy atom. The van der Waals surface area contributed by atoms with Gasteiger partial charge < -0.3 is 10.6 Å². The highest BCUT2D eigenvalue weighted by atomic mass is 32.2. The highest BCUT2D eigenvalue weighted by Crippen LogP contribution is 2.24. The van der Waals surface area contributed by atoms with Gasteiger partial charge in [0.15, 0.2) is 0 Å². The molecular formula is C11H18N2O3S. The molecule has 17 heavy (non-hydrogen) atoms. The molecule has 96 valence electrons. The molecule has 1 aromatic carbocycles. The molecule has 0 radical (unpaired) electrons. The standard InChI is InChI=1S/C11H18N2O3S/c1-3-13(7-8-17(14,15)16)11-6-4-5-10(12)9(11)2/h4-6H,3,7-8,12H2,1-2H3,(H,14,15,16). The Morgan fingerprint density at radius 2 is 2.06 bits per heavy atom. The van der Waals surface area contributed by atoms with Crippen molar-refractivity contribution in [3.63, 3.8) is 0 Å². The van der Waals surface area contributed by atoms with Crippen LogP contribution in [-0.2, 0) is 10.1 Å². The van der Waals surface area contributed by atoms with Gasteiger partial charge in [0.25, 0.3) is 10.1 Å². The fourth-order valence-electron chi connectivity index (χ4n) is 1.66. The SMILES string of the molecule is CCN(CCS(=O)(=O)O)c1cccc(N)c1C. The second kappa shape index (κ2) is 5.37. The molecule has 0 bridgehead atoms. The first-order valence-electron chi connectivity index (χ1n) is 5.40. The van der Waals surface area contributed by atoms with Crippen molar-refractivity contribution in [3.8, 4) is 0 Å². The Kier molecular flexibility index (Phi) is 4.36. The van der Waals surface area contributed by atoms with Crippen molar-refractivity contribution in [2.24, 2.45) is 0 Å². The first kappa shape index (κ1) is 13.8. The average molecular weight is 258 g/mol. The molecule has 1 aromatic rings. The van der Waals surface area contributed by atoms with Crippen LogP contribution in [0.3, 0.4) is 0 Å². The summed E-state index contributed by atoms with van der Waals surface area (Å²) >= 11 is 0. The summed E-state index contributed by atoms with van der Waals surface area (Å²) < 4.78 is 30.2. The van der Waals surface area contributed by atoms with Crippen molar-refractivity contribution < 1.29 is 13.0 Å². The maximum atomic E-state index is 10.7. The van der Waals surface area contributed by atoms with Crippen molar-refractivity contribution in [2.75, 3.05) is 29.5 Å². The zero-order valence-electron chi connectivity index (χ0n) is 10.0. The zero-order chi connectivity index (χ0) is 13.1. The van der Waals surface area contributed by atoms with Crippen LogP contribution in [-0.4, -0.2) is 31.8 Å². The molecule has 0 unspecified atom stereocenters. The van der Waals surface area contributed by atoms with Crippen LogP contribution in [0.1, 0.15) is 12.5 Å². The van der Waals surface area contributed by atoms with Gasteiger partial charge in [-0.05, 0) is 31.5 Å². The Morgan fingerprint density at radius 1 is 1.41 bits per heavy atom. The van der Waals surface area contributed by atoms with Gasteiger partial charge in [-0.25, -0.2) is 0 Å². The van der Waals surface area contributed by atoms with Crippen LogP contribution in [0.5, 0.6) is 0 Å². The summed E-state index contributed by atoms with van der Waals surface area (Å²) in [5.74, 6) is -0.283. The van der Waals surface area contributed by atoms with Crippen LogP contribution in [0.25, 0.3) is 0 Å². The van der Waals surface area contributed by atoms with E-state index >= 15 is 0 Å². The van der Waals surface area contributed by atoms with Gasteiger partial charge in [0.2, 0.25) is 0 Å². The third-order valence-corrected chi connectivity index (χ3v) is 3.39. The second-order valence-corrected chi connectivity index (χ2v) is 5.43. The van der Waals surface area contributed by atoms with Crippen LogP contribution in [0.15, 0.2) is 18.2 Å². The van der Waals surface area contributed by atoms with Gasteiger partial charge in [-0.3, -0.25) is 4.55 Å². The first-order valence-corrected chi connectivity index (χ1v) is 7.01. The van der Waals surface area contributed by atoms with Gasteiger partial charge in [0.05, 0.1) is 5.75 Å². The molecule has 0 heterocycles. The molecular weight excluding hydrogens is 240 g/mol. The molecule has 5 nitrogen and oxygen atoms in total. The van der Waals surface area contributed by atoms with Gasteiger partial charge >= 0.3 is 0 Å². The van der Waals surface area contributed by atoms with Gasteiger partial charge in [-0.2, -0.15) is 8.42 Å². The Bertz CT molecular complexity index is 485. The lowest BCUT2D eigenvalue weighted by atomic mass is 10.1. The monoisotopic (exact) mass is 258 g/mol. The normalized spacial score (nSPS) is 11.5. The zero-order valence-corrected chi connectivity index (χ0v) is 10.9. The second-order valence-electron chi connectivity index (χ2n) is 3.86. The van der Waals surface area contributed by atoms with E-state index in [1.54, 1.807) is 6.07 Å². The Hall–Kier alpha value is -1.27. The van der Waals surface area contributed by atoms with Crippen LogP contribution >= 0.6 is 0 Å². The number of hydrogen-bond donors (Lipinski definition) is 2. The molecule has 0 saturated carbocycles. The molecule has 0 aliphatic rings. The first-order chi connectivity index (χ1) is 7.85. The maximum absolute atomic E-state index is 10.7. The molecule has 6 heteroatoms. The predicted molar refractivity (Wildman–Crippen MR) is 69.9 cm³/mol. The molecule has 0 amide bonds. The van der Waals surface area contributed by atoms with E-state index in [2.05, 4.69) is 0 Å². The number of rotatable bonds is 5. The van der Waals surface area contributed by atoms with Crippen molar-refractivity contribution in [2.45, 2.75) is 13.8 Å². The van der Waals surface area contributed by atoms with Gasteiger partial charge in [0, 0.05) is 24.5 Å². The minimum Gasteiger partial charge on any atom is -0.398 e. The lowest BCUT2D eigenvalue weighted by Crippen LogP contribution is -2.29. The summed E-state index contributed by atoms with van der Waals surface area (Å²) in [6.45, 7) is 4.72. The van der Waals surface area contributed by atoms with E-state index in [4.69, 9.17) is 10.3 Å². The third kappa shape index (κ3) is 3.90. The van der Waals surface area contributed by atoms with Gasteiger partial charge in [0.1, 0.15) is 0 Å². The number of nitrogens with zero attached hydrogens (tertiary/aromatic N) is 1. The van der Waals surface area contributed by atoms with Gasteiger partial charge in [-0.15, -0.1) is 0 Å². The van der Waals surface area contributed by atoms with Gasteiger partial charge in [-0.1, -0.05) is 6.07 Å². The summed E-state index contributed by atoms with van der Waals surface area (Å²) in [5, 5.41) is 0. The predicted octanol–water partition coefficient (Wildman–Crippen LogP) is 1.29. The highest BCUT2D eigenvalue weighted by molar-refractivity contribution is 7.85. The van der Waals surface area contributed by atoms with E-state index in [1.807, 2.05) is 30.9 Å². The molecule has 0 aliphatic carbocycles. The molecule has 1 rings (SSSR count). The molecule has 0 aliphatic heterocycles. The summed E-state index contributed by atoms with van der Waals surface area (Å²) in [4.78, 5) is 1.87. The van der Waals surface area contributed by atoms with Crippen LogP contribution < -0.4 is 10.6 Å². The number of nitrogens with two attached hydrogens (primary N) is 1. The molecule has 0 fully saturated rings. The lowest BCUT2D eigenvalue weighted by Gasteiger charge is -2.24. The summed E-state index contributed by atoms with van der Waals surface area (Å²) in [6.07, 6.45) is 0. The number of nitrogen functional groups attached to an aromatic ring is 1. The van der Waals surface area contributed by atoms with E-state index in [9.17, 15) is 8.42 Å². The molecule has 0 atom stereocenters. The van der Waals surface area contributed by atoms with Crippen LogP contribution in [0.2, 0.25) is 0 Å². The topological polar surface area (TPSA) is 83.6 Å². The Balaban J connectivity index is 2.90. The molecule has 0 spiro atoms. The highest BCUT2D eigenvalue weighted by Gasteiger charge is 2.12. The average Bonchev–Trinajstić information content (AvgIpc) is 2.23. The van der Waals surface area contributed by atoms with Crippen molar-refractivity contribution in [1.82, 2.24) is 0 Å². The number of anilines is 2. The van der Waals surface area contributed by atoms with E-state index in [0.29, 0.717) is 12.2 Å². The van der Waals surface area contributed by atoms with E-state index < -0.39 is 10.1 Å². The fraction of sp³-hybridized carbons (Fsp3) is 0.455.